The van der Waals surface area contributed by atoms with Gasteiger partial charge in [-0.2, -0.15) is 0 Å². The number of anilines is 12. The van der Waals surface area contributed by atoms with E-state index in [-0.39, 0.29) is 18.8 Å². The van der Waals surface area contributed by atoms with Crippen molar-refractivity contribution in [2.75, 3.05) is 19.6 Å². The average molecular weight is 1170 g/mol. The first-order valence-electron chi connectivity index (χ1n) is 31.7. The van der Waals surface area contributed by atoms with Crippen LogP contribution < -0.4 is 61.9 Å². The van der Waals surface area contributed by atoms with E-state index in [9.17, 15) is 0 Å². The first-order chi connectivity index (χ1) is 44.8. The van der Waals surface area contributed by atoms with Crippen LogP contribution in [0.25, 0.3) is 11.1 Å². The molecule has 13 aromatic carbocycles. The monoisotopic (exact) mass is 1160 g/mol. The van der Waals surface area contributed by atoms with Gasteiger partial charge in [0, 0.05) is 91.9 Å². The highest BCUT2D eigenvalue weighted by Gasteiger charge is 2.55. The summed E-state index contributed by atoms with van der Waals surface area (Å²) in [5.41, 5.74) is 27.7. The molecule has 1 aliphatic carbocycles. The van der Waals surface area contributed by atoms with E-state index in [1.807, 2.05) is 0 Å². The van der Waals surface area contributed by atoms with E-state index < -0.39 is 5.41 Å². The molecule has 5 aliphatic heterocycles. The molecular weight excluding hydrogens is 1110 g/mol. The summed E-state index contributed by atoms with van der Waals surface area (Å²) >= 11 is 0. The maximum absolute atomic E-state index is 7.96. The Morgan fingerprint density at radius 2 is 0.725 bits per heavy atom. The van der Waals surface area contributed by atoms with Crippen LogP contribution >= 0.6 is 0 Å². The second-order valence-electron chi connectivity index (χ2n) is 25.9. The molecule has 0 radical (unpaired) electrons. The van der Waals surface area contributed by atoms with Crippen LogP contribution in [-0.2, 0) is 10.8 Å². The molecule has 6 nitrogen and oxygen atoms in total. The van der Waals surface area contributed by atoms with Crippen molar-refractivity contribution in [3.05, 3.63) is 325 Å². The lowest BCUT2D eigenvalue weighted by molar-refractivity contribution is 0.437. The third kappa shape index (κ3) is 7.39. The molecule has 5 heterocycles. The second kappa shape index (κ2) is 19.4. The van der Waals surface area contributed by atoms with E-state index in [2.05, 4.69) is 338 Å². The zero-order valence-corrected chi connectivity index (χ0v) is 50.6. The molecule has 91 heavy (non-hydrogen) atoms. The predicted molar refractivity (Wildman–Crippen MR) is 377 cm³/mol. The summed E-state index contributed by atoms with van der Waals surface area (Å²) in [5.74, 6) is 3.32. The van der Waals surface area contributed by atoms with Gasteiger partial charge in [0.2, 0.25) is 0 Å². The molecule has 428 valence electrons. The van der Waals surface area contributed by atoms with Crippen molar-refractivity contribution in [3.63, 3.8) is 0 Å². The number of fused-ring (bicyclic) bond motifs is 17. The van der Waals surface area contributed by atoms with Crippen LogP contribution in [0.1, 0.15) is 48.6 Å². The Morgan fingerprint density at radius 1 is 0.308 bits per heavy atom. The van der Waals surface area contributed by atoms with Gasteiger partial charge >= 0.3 is 0 Å². The van der Waals surface area contributed by atoms with Crippen molar-refractivity contribution >= 4 is 114 Å². The van der Waals surface area contributed by atoms with Gasteiger partial charge < -0.3 is 29.1 Å². The van der Waals surface area contributed by atoms with Crippen LogP contribution in [0.4, 0.5) is 68.2 Å². The largest absolute Gasteiger partial charge is 0.458 e. The van der Waals surface area contributed by atoms with Gasteiger partial charge in [-0.25, -0.2) is 0 Å². The fourth-order valence-corrected chi connectivity index (χ4v) is 16.2. The quantitative estimate of drug-likeness (QED) is 0.154. The molecular formula is C83H58B2N4O2. The SMILES string of the molecule is CC(C)(C)c1cc2c3c(c1)N(c1ccccc1)c1cc4c(cc1B3c1ccccc1N2c1ccccc1)C1(c2cc3c(cc2O4)N(c2ccccc2)c2cc(N(c4ccccc4)c4ccccc4)cc4c2B3c2ccccc2O4)c2ccccc2-c2ccccc21. The number of ether oxygens (including phenoxy) is 2. The molecule has 6 aliphatic rings. The van der Waals surface area contributed by atoms with Gasteiger partial charge in [-0.1, -0.05) is 209 Å². The lowest BCUT2D eigenvalue weighted by Crippen LogP contribution is -2.61. The van der Waals surface area contributed by atoms with Gasteiger partial charge in [0.15, 0.2) is 0 Å². The van der Waals surface area contributed by atoms with Crippen molar-refractivity contribution in [2.45, 2.75) is 31.6 Å². The Labute approximate surface area is 531 Å². The number of hydrogen-bond donors (Lipinski definition) is 0. The molecule has 0 saturated carbocycles. The van der Waals surface area contributed by atoms with Gasteiger partial charge in [-0.3, -0.25) is 0 Å². The molecule has 0 aromatic heterocycles. The van der Waals surface area contributed by atoms with Crippen molar-refractivity contribution in [3.8, 4) is 34.1 Å². The van der Waals surface area contributed by atoms with Crippen molar-refractivity contribution in [1.82, 2.24) is 0 Å². The van der Waals surface area contributed by atoms with Gasteiger partial charge in [0.25, 0.3) is 13.4 Å². The topological polar surface area (TPSA) is 31.4 Å². The summed E-state index contributed by atoms with van der Waals surface area (Å²) in [7, 11) is 0. The summed E-state index contributed by atoms with van der Waals surface area (Å²) in [6.07, 6.45) is 0. The number of rotatable bonds is 6. The van der Waals surface area contributed by atoms with Gasteiger partial charge in [0.05, 0.1) is 11.1 Å². The normalized spacial score (nSPS) is 14.3. The van der Waals surface area contributed by atoms with E-state index in [1.165, 1.54) is 66.7 Å². The van der Waals surface area contributed by atoms with E-state index in [0.29, 0.717) is 0 Å². The van der Waals surface area contributed by atoms with E-state index in [0.717, 1.165) is 96.2 Å². The Kier molecular flexibility index (Phi) is 11.0. The van der Waals surface area contributed by atoms with Crippen LogP contribution in [0.5, 0.6) is 23.0 Å². The summed E-state index contributed by atoms with van der Waals surface area (Å²) in [6.45, 7) is 6.66. The maximum Gasteiger partial charge on any atom is 0.256 e. The molecule has 0 fully saturated rings. The molecule has 0 atom stereocenters. The molecule has 0 N–H and O–H groups in total. The third-order valence-corrected chi connectivity index (χ3v) is 20.0. The number of para-hydroxylation sites is 7. The fourth-order valence-electron chi connectivity index (χ4n) is 16.2. The van der Waals surface area contributed by atoms with Crippen LogP contribution in [0.2, 0.25) is 0 Å². The molecule has 8 heteroatoms. The minimum atomic E-state index is -0.831. The minimum Gasteiger partial charge on any atom is -0.458 e. The van der Waals surface area contributed by atoms with E-state index in [1.54, 1.807) is 0 Å². The Morgan fingerprint density at radius 3 is 1.25 bits per heavy atom. The summed E-state index contributed by atoms with van der Waals surface area (Å²) in [4.78, 5) is 9.85. The molecule has 0 unspecified atom stereocenters. The highest BCUT2D eigenvalue weighted by atomic mass is 16.5. The van der Waals surface area contributed by atoms with Crippen LogP contribution in [0, 0.1) is 0 Å². The molecule has 19 rings (SSSR count). The van der Waals surface area contributed by atoms with E-state index in [4.69, 9.17) is 9.47 Å². The zero-order chi connectivity index (χ0) is 60.3. The first kappa shape index (κ1) is 51.8. The number of benzene rings is 13. The lowest BCUT2D eigenvalue weighted by Gasteiger charge is -2.47. The van der Waals surface area contributed by atoms with Crippen molar-refractivity contribution < 1.29 is 9.47 Å². The second-order valence-corrected chi connectivity index (χ2v) is 25.9. The number of hydrogen-bond acceptors (Lipinski definition) is 6. The maximum atomic E-state index is 7.96. The standard InChI is InChI=1S/C83H58B2N4O2/c1-82(2,3)53-45-73-80-74(46-53)88(57-33-15-7-16-34-57)71-51-77-64(49-68(71)84(80)66-41-23-25-43-70(66)87(73)56-31-13-6-14-32-56)83(62-39-21-19-37-60(62)61-38-20-22-40-63(61)83)65-50-69-72(52-78(65)91-77)89(58-35-17-8-18-36-58)75-47-59(48-79-81(75)85(69)67-42-24-26-44-76(67)90-79)86(54-27-9-4-10-28-54)55-29-11-5-12-30-55/h4-52H,1-3H3. The molecule has 1 spiro atoms. The first-order valence-corrected chi connectivity index (χ1v) is 31.7. The minimum absolute atomic E-state index is 0.137. The smallest absolute Gasteiger partial charge is 0.256 e. The Bertz CT molecular complexity index is 5070. The summed E-state index contributed by atoms with van der Waals surface area (Å²) < 4.78 is 15.2. The molecule has 0 bridgehead atoms. The lowest BCUT2D eigenvalue weighted by atomic mass is 9.33. The molecule has 13 aromatic rings. The third-order valence-electron chi connectivity index (χ3n) is 20.0. The summed E-state index contributed by atoms with van der Waals surface area (Å²) in [5, 5.41) is 0. The zero-order valence-electron chi connectivity index (χ0n) is 50.6. The Balaban J connectivity index is 0.912. The van der Waals surface area contributed by atoms with E-state index >= 15 is 0 Å². The van der Waals surface area contributed by atoms with Gasteiger partial charge in [-0.15, -0.1) is 0 Å². The highest BCUT2D eigenvalue weighted by molar-refractivity contribution is 7.00. The van der Waals surface area contributed by atoms with Gasteiger partial charge in [0.1, 0.15) is 23.0 Å². The fraction of sp³-hybridized carbons (Fsp3) is 0.0602. The van der Waals surface area contributed by atoms with Crippen molar-refractivity contribution in [1.29, 1.82) is 0 Å². The summed E-state index contributed by atoms with van der Waals surface area (Å²) in [6, 6.07) is 110. The average Bonchev–Trinajstić information content (AvgIpc) is 1.67. The predicted octanol–water partition coefficient (Wildman–Crippen LogP) is 17.4. The number of nitrogens with zero attached hydrogens (tertiary/aromatic N) is 4. The van der Waals surface area contributed by atoms with Crippen molar-refractivity contribution in [2.24, 2.45) is 0 Å². The van der Waals surface area contributed by atoms with Crippen LogP contribution in [-0.4, -0.2) is 13.4 Å². The Hall–Kier alpha value is -11.2. The molecule has 0 amide bonds. The molecule has 0 saturated heterocycles. The van der Waals surface area contributed by atoms with Crippen LogP contribution in [0.3, 0.4) is 0 Å². The van der Waals surface area contributed by atoms with Crippen LogP contribution in [0.15, 0.2) is 297 Å². The highest BCUT2D eigenvalue weighted by Crippen LogP contribution is 2.64. The van der Waals surface area contributed by atoms with Gasteiger partial charge in [-0.05, 0) is 157 Å².